The highest BCUT2D eigenvalue weighted by atomic mass is 32.2. The van der Waals surface area contributed by atoms with Gasteiger partial charge in [-0.2, -0.15) is 0 Å². The molecular formula is C24H19N5O2S. The zero-order valence-corrected chi connectivity index (χ0v) is 17.7. The van der Waals surface area contributed by atoms with E-state index in [-0.39, 0.29) is 0 Å². The van der Waals surface area contributed by atoms with Crippen LogP contribution >= 0.6 is 11.8 Å². The Morgan fingerprint density at radius 3 is 2.62 bits per heavy atom. The molecule has 0 bridgehead atoms. The van der Waals surface area contributed by atoms with Gasteiger partial charge in [0.1, 0.15) is 6.29 Å². The summed E-state index contributed by atoms with van der Waals surface area (Å²) in [4.78, 5) is 18.4. The molecule has 5 aromatic rings. The van der Waals surface area contributed by atoms with E-state index in [4.69, 9.17) is 0 Å². The van der Waals surface area contributed by atoms with Gasteiger partial charge < -0.3 is 9.78 Å². The first-order chi connectivity index (χ1) is 15.7. The highest BCUT2D eigenvalue weighted by Gasteiger charge is 2.12. The van der Waals surface area contributed by atoms with E-state index in [1.807, 2.05) is 42.6 Å². The lowest BCUT2D eigenvalue weighted by atomic mass is 9.98. The summed E-state index contributed by atoms with van der Waals surface area (Å²) in [6.45, 7) is 0. The number of aromatic nitrogens is 4. The number of fused-ring (bicyclic) bond motifs is 1. The molecule has 0 atom stereocenters. The molecule has 3 aromatic carbocycles. The number of hydrogen-bond donors (Lipinski definition) is 4. The van der Waals surface area contributed by atoms with E-state index in [1.54, 1.807) is 6.07 Å². The highest BCUT2D eigenvalue weighted by molar-refractivity contribution is 7.99. The number of nitrogens with zero attached hydrogens (tertiary/aromatic N) is 2. The zero-order valence-electron chi connectivity index (χ0n) is 16.9. The predicted molar refractivity (Wildman–Crippen MR) is 127 cm³/mol. The summed E-state index contributed by atoms with van der Waals surface area (Å²) in [7, 11) is 0. The molecule has 4 N–H and O–H groups in total. The van der Waals surface area contributed by atoms with E-state index >= 15 is 0 Å². The fourth-order valence-electron chi connectivity index (χ4n) is 3.70. The van der Waals surface area contributed by atoms with Crippen LogP contribution < -0.4 is 5.48 Å². The summed E-state index contributed by atoms with van der Waals surface area (Å²) in [6, 6.07) is 22.1. The van der Waals surface area contributed by atoms with Gasteiger partial charge >= 0.3 is 0 Å². The molecule has 0 spiro atoms. The van der Waals surface area contributed by atoms with Crippen molar-refractivity contribution in [2.45, 2.75) is 5.16 Å². The van der Waals surface area contributed by atoms with E-state index < -0.39 is 0 Å². The number of nitrogens with one attached hydrogen (secondary N) is 3. The van der Waals surface area contributed by atoms with E-state index in [9.17, 15) is 10.0 Å². The SMILES string of the molecule is O=CCSc1n[nH]c(-c2cc(NO)cc(-c3ccc4[nH]cc(-c5ccccc5)c4c3)c2)n1. The molecule has 0 saturated heterocycles. The van der Waals surface area contributed by atoms with E-state index in [0.29, 0.717) is 22.4 Å². The average molecular weight is 442 g/mol. The normalized spacial score (nSPS) is 11.0. The number of thioether (sulfide) groups is 1. The van der Waals surface area contributed by atoms with Crippen LogP contribution in [-0.2, 0) is 4.79 Å². The van der Waals surface area contributed by atoms with Crippen LogP contribution in [0.3, 0.4) is 0 Å². The first-order valence-electron chi connectivity index (χ1n) is 9.96. The number of hydrogen-bond acceptors (Lipinski definition) is 6. The number of carbonyl (C=O) groups is 1. The topological polar surface area (TPSA) is 107 Å². The minimum atomic E-state index is 0.293. The highest BCUT2D eigenvalue weighted by Crippen LogP contribution is 2.34. The van der Waals surface area contributed by atoms with Crippen molar-refractivity contribution in [1.82, 2.24) is 20.2 Å². The minimum absolute atomic E-state index is 0.293. The van der Waals surface area contributed by atoms with E-state index in [0.717, 1.165) is 45.0 Å². The second-order valence-corrected chi connectivity index (χ2v) is 8.17. The second-order valence-electron chi connectivity index (χ2n) is 7.18. The summed E-state index contributed by atoms with van der Waals surface area (Å²) >= 11 is 1.26. The summed E-state index contributed by atoms with van der Waals surface area (Å²) in [6.07, 6.45) is 2.84. The summed E-state index contributed by atoms with van der Waals surface area (Å²) in [5, 5.41) is 18.3. The number of anilines is 1. The van der Waals surface area contributed by atoms with Gasteiger partial charge in [0, 0.05) is 28.2 Å². The maximum Gasteiger partial charge on any atom is 0.209 e. The molecule has 32 heavy (non-hydrogen) atoms. The molecule has 2 heterocycles. The molecule has 158 valence electrons. The van der Waals surface area contributed by atoms with Crippen molar-refractivity contribution in [2.24, 2.45) is 0 Å². The van der Waals surface area contributed by atoms with Crippen LogP contribution in [0.15, 0.2) is 78.1 Å². The number of benzene rings is 3. The Morgan fingerprint density at radius 2 is 1.81 bits per heavy atom. The smallest absolute Gasteiger partial charge is 0.209 e. The van der Waals surface area contributed by atoms with Crippen LogP contribution in [0, 0.1) is 0 Å². The third-order valence-electron chi connectivity index (χ3n) is 5.18. The van der Waals surface area contributed by atoms with E-state index in [1.165, 1.54) is 11.8 Å². The first-order valence-corrected chi connectivity index (χ1v) is 10.9. The fourth-order valence-corrected chi connectivity index (χ4v) is 4.18. The lowest BCUT2D eigenvalue weighted by Gasteiger charge is -2.09. The predicted octanol–water partition coefficient (Wildman–Crippen LogP) is 5.38. The van der Waals surface area contributed by atoms with Gasteiger partial charge in [0.05, 0.1) is 11.4 Å². The van der Waals surface area contributed by atoms with Crippen LogP contribution in [0.1, 0.15) is 0 Å². The third-order valence-corrected chi connectivity index (χ3v) is 5.92. The van der Waals surface area contributed by atoms with Crippen LogP contribution in [-0.4, -0.2) is 37.4 Å². The molecule has 0 aliphatic rings. The Labute approximate surface area is 187 Å². The molecule has 5 rings (SSSR count). The van der Waals surface area contributed by atoms with Crippen LogP contribution in [0.25, 0.3) is 44.5 Å². The van der Waals surface area contributed by atoms with Gasteiger partial charge in [0.15, 0.2) is 5.82 Å². The Hall–Kier alpha value is -3.88. The average Bonchev–Trinajstić information content (AvgIpc) is 3.50. The van der Waals surface area contributed by atoms with Gasteiger partial charge in [-0.3, -0.25) is 15.8 Å². The van der Waals surface area contributed by atoms with Crippen molar-refractivity contribution in [2.75, 3.05) is 11.2 Å². The van der Waals surface area contributed by atoms with Crippen LogP contribution in [0.5, 0.6) is 0 Å². The Bertz CT molecular complexity index is 1390. The number of rotatable bonds is 7. The molecule has 7 nitrogen and oxygen atoms in total. The Balaban J connectivity index is 1.57. The fraction of sp³-hybridized carbons (Fsp3) is 0.0417. The largest absolute Gasteiger partial charge is 0.361 e. The van der Waals surface area contributed by atoms with Gasteiger partial charge in [0.2, 0.25) is 5.16 Å². The van der Waals surface area contributed by atoms with Crippen molar-refractivity contribution in [3.05, 3.63) is 72.9 Å². The van der Waals surface area contributed by atoms with Crippen molar-refractivity contribution in [3.63, 3.8) is 0 Å². The lowest BCUT2D eigenvalue weighted by molar-refractivity contribution is -0.105. The molecular weight excluding hydrogens is 422 g/mol. The third kappa shape index (κ3) is 3.89. The molecule has 0 unspecified atom stereocenters. The van der Waals surface area contributed by atoms with Gasteiger partial charge in [-0.1, -0.05) is 48.2 Å². The molecule has 0 saturated carbocycles. The maximum atomic E-state index is 10.6. The van der Waals surface area contributed by atoms with Crippen LogP contribution in [0.4, 0.5) is 5.69 Å². The number of H-pyrrole nitrogens is 2. The number of aldehydes is 1. The summed E-state index contributed by atoms with van der Waals surface area (Å²) in [5.41, 5.74) is 8.78. The lowest BCUT2D eigenvalue weighted by Crippen LogP contribution is -1.92. The van der Waals surface area contributed by atoms with Crippen molar-refractivity contribution in [3.8, 4) is 33.6 Å². The van der Waals surface area contributed by atoms with Gasteiger partial charge in [0.25, 0.3) is 0 Å². The number of aromatic amines is 2. The van der Waals surface area contributed by atoms with Crippen LogP contribution in [0.2, 0.25) is 0 Å². The maximum absolute atomic E-state index is 10.6. The molecule has 0 amide bonds. The molecule has 0 fully saturated rings. The van der Waals surface area contributed by atoms with E-state index in [2.05, 4.69) is 49.9 Å². The van der Waals surface area contributed by atoms with Crippen molar-refractivity contribution in [1.29, 1.82) is 0 Å². The van der Waals surface area contributed by atoms with Crippen molar-refractivity contribution < 1.29 is 10.0 Å². The summed E-state index contributed by atoms with van der Waals surface area (Å²) < 4.78 is 0. The second kappa shape index (κ2) is 8.70. The van der Waals surface area contributed by atoms with Gasteiger partial charge in [-0.05, 0) is 47.0 Å². The molecule has 0 aliphatic carbocycles. The quantitative estimate of drug-likeness (QED) is 0.153. The Morgan fingerprint density at radius 1 is 0.969 bits per heavy atom. The monoisotopic (exact) mass is 441 g/mol. The first kappa shape index (κ1) is 20.0. The molecule has 0 aliphatic heterocycles. The molecule has 2 aromatic heterocycles. The summed E-state index contributed by atoms with van der Waals surface area (Å²) in [5.74, 6) is 0.853. The molecule has 8 heteroatoms. The zero-order chi connectivity index (χ0) is 21.9. The Kier molecular flexibility index (Phi) is 5.45. The minimum Gasteiger partial charge on any atom is -0.361 e. The van der Waals surface area contributed by atoms with Gasteiger partial charge in [-0.25, -0.2) is 4.98 Å². The standard InChI is InChI=1S/C24H19N5O2S/c30-8-9-32-24-26-23(27-28-24)18-10-17(11-19(12-18)29-31)16-6-7-22-20(13-16)21(14-25-22)15-4-2-1-3-5-15/h1-8,10-14,25,29,31H,9H2,(H,26,27,28). The van der Waals surface area contributed by atoms with Crippen molar-refractivity contribution >= 4 is 34.6 Å². The van der Waals surface area contributed by atoms with Gasteiger partial charge in [-0.15, -0.1) is 5.10 Å². The number of carbonyl (C=O) groups excluding carboxylic acids is 1. The molecule has 0 radical (unpaired) electrons.